The molecule has 0 spiro atoms. The highest BCUT2D eigenvalue weighted by Gasteiger charge is 2.24. The number of methoxy groups -OCH3 is 1. The number of rotatable bonds is 3. The zero-order chi connectivity index (χ0) is 12.3. The number of esters is 1. The van der Waals surface area contributed by atoms with Crippen molar-refractivity contribution in [2.45, 2.75) is 13.0 Å². The van der Waals surface area contributed by atoms with Gasteiger partial charge < -0.3 is 15.6 Å². The van der Waals surface area contributed by atoms with Gasteiger partial charge in [-0.1, -0.05) is 0 Å². The normalized spacial score (nSPS) is 10.6. The molecule has 0 bridgehead atoms. The lowest BCUT2D eigenvalue weighted by molar-refractivity contribution is 0.0591. The predicted molar refractivity (Wildman–Crippen MR) is 50.1 cm³/mol. The fourth-order valence-electron chi connectivity index (χ4n) is 1.28. The van der Waals surface area contributed by atoms with Crippen molar-refractivity contribution in [3.05, 3.63) is 23.0 Å². The van der Waals surface area contributed by atoms with Crippen LogP contribution in [-0.4, -0.2) is 23.2 Å². The van der Waals surface area contributed by atoms with Crippen LogP contribution in [0.1, 0.15) is 28.0 Å². The van der Waals surface area contributed by atoms with E-state index in [9.17, 15) is 18.7 Å². The maximum absolute atomic E-state index is 12.6. The van der Waals surface area contributed by atoms with Gasteiger partial charge in [-0.3, -0.25) is 0 Å². The lowest BCUT2D eigenvalue weighted by Crippen LogP contribution is -2.14. The summed E-state index contributed by atoms with van der Waals surface area (Å²) in [7, 11) is 1.10. The van der Waals surface area contributed by atoms with Crippen molar-refractivity contribution in [1.29, 1.82) is 0 Å². The van der Waals surface area contributed by atoms with E-state index in [0.717, 1.165) is 13.3 Å². The number of hydrogen-bond acceptors (Lipinski definition) is 5. The number of hydrogen-bond donors (Lipinski definition) is 2. The highest BCUT2D eigenvalue weighted by atomic mass is 19.3. The number of halogens is 2. The molecule has 0 unspecified atom stereocenters. The van der Waals surface area contributed by atoms with Crippen molar-refractivity contribution in [1.82, 2.24) is 4.98 Å². The SMILES string of the molecule is COC(=O)c1ncc(O)c(C(F)F)c1CN. The van der Waals surface area contributed by atoms with Gasteiger partial charge in [0.2, 0.25) is 0 Å². The molecule has 1 heterocycles. The summed E-state index contributed by atoms with van der Waals surface area (Å²) in [6.45, 7) is -0.342. The Labute approximate surface area is 89.9 Å². The number of carbonyl (C=O) groups excluding carboxylic acids is 1. The van der Waals surface area contributed by atoms with Crippen molar-refractivity contribution >= 4 is 5.97 Å². The van der Waals surface area contributed by atoms with Gasteiger partial charge in [-0.05, 0) is 0 Å². The van der Waals surface area contributed by atoms with Crippen LogP contribution >= 0.6 is 0 Å². The smallest absolute Gasteiger partial charge is 0.356 e. The van der Waals surface area contributed by atoms with Crippen molar-refractivity contribution in [3.8, 4) is 5.75 Å². The largest absolute Gasteiger partial charge is 0.506 e. The minimum Gasteiger partial charge on any atom is -0.506 e. The van der Waals surface area contributed by atoms with E-state index in [2.05, 4.69) is 9.72 Å². The van der Waals surface area contributed by atoms with Crippen molar-refractivity contribution in [2.75, 3.05) is 7.11 Å². The van der Waals surface area contributed by atoms with E-state index >= 15 is 0 Å². The maximum Gasteiger partial charge on any atom is 0.356 e. The number of ether oxygens (including phenoxy) is 1. The molecule has 0 saturated carbocycles. The number of aromatic nitrogens is 1. The molecular weight excluding hydrogens is 222 g/mol. The van der Waals surface area contributed by atoms with Gasteiger partial charge in [-0.25, -0.2) is 18.6 Å². The number of nitrogens with two attached hydrogens (primary N) is 1. The van der Waals surface area contributed by atoms with E-state index < -0.39 is 23.7 Å². The Kier molecular flexibility index (Phi) is 3.73. The molecule has 0 aromatic carbocycles. The molecule has 0 aliphatic carbocycles. The van der Waals surface area contributed by atoms with Gasteiger partial charge >= 0.3 is 5.97 Å². The number of carbonyl (C=O) groups is 1. The summed E-state index contributed by atoms with van der Waals surface area (Å²) < 4.78 is 29.6. The Morgan fingerprint density at radius 3 is 2.75 bits per heavy atom. The molecule has 0 aliphatic rings. The monoisotopic (exact) mass is 232 g/mol. The molecule has 0 saturated heterocycles. The lowest BCUT2D eigenvalue weighted by atomic mass is 10.1. The fourth-order valence-corrected chi connectivity index (χ4v) is 1.28. The third-order valence-corrected chi connectivity index (χ3v) is 2.00. The quantitative estimate of drug-likeness (QED) is 0.758. The van der Waals surface area contributed by atoms with Crippen LogP contribution in [0, 0.1) is 0 Å². The Balaban J connectivity index is 3.42. The first-order valence-corrected chi connectivity index (χ1v) is 4.30. The minimum atomic E-state index is -2.94. The highest BCUT2D eigenvalue weighted by Crippen LogP contribution is 2.32. The first-order chi connectivity index (χ1) is 7.52. The zero-order valence-electron chi connectivity index (χ0n) is 8.41. The molecule has 7 heteroatoms. The van der Waals surface area contributed by atoms with Crippen LogP contribution in [0.5, 0.6) is 5.75 Å². The van der Waals surface area contributed by atoms with Crippen molar-refractivity contribution in [2.24, 2.45) is 5.73 Å². The minimum absolute atomic E-state index is 0.207. The summed E-state index contributed by atoms with van der Waals surface area (Å²) in [5, 5.41) is 9.22. The Morgan fingerprint density at radius 2 is 2.31 bits per heavy atom. The molecule has 1 aromatic heterocycles. The van der Waals surface area contributed by atoms with E-state index in [4.69, 9.17) is 5.73 Å². The first kappa shape index (κ1) is 12.3. The third-order valence-electron chi connectivity index (χ3n) is 2.00. The summed E-state index contributed by atoms with van der Waals surface area (Å²) in [5.74, 6) is -1.56. The lowest BCUT2D eigenvalue weighted by Gasteiger charge is -2.11. The van der Waals surface area contributed by atoms with Crippen LogP contribution in [0.15, 0.2) is 6.20 Å². The van der Waals surface area contributed by atoms with E-state index in [0.29, 0.717) is 0 Å². The second-order valence-electron chi connectivity index (χ2n) is 2.88. The number of pyridine rings is 1. The van der Waals surface area contributed by atoms with Crippen LogP contribution in [0.3, 0.4) is 0 Å². The molecule has 5 nitrogen and oxygen atoms in total. The summed E-state index contributed by atoms with van der Waals surface area (Å²) in [4.78, 5) is 14.7. The van der Waals surface area contributed by atoms with E-state index in [1.54, 1.807) is 0 Å². The summed E-state index contributed by atoms with van der Waals surface area (Å²) in [5.41, 5.74) is 4.06. The van der Waals surface area contributed by atoms with Crippen LogP contribution in [0.2, 0.25) is 0 Å². The molecule has 0 atom stereocenters. The summed E-state index contributed by atoms with van der Waals surface area (Å²) >= 11 is 0. The van der Waals surface area contributed by atoms with Gasteiger partial charge in [0, 0.05) is 12.1 Å². The second kappa shape index (κ2) is 4.84. The topological polar surface area (TPSA) is 85.4 Å². The molecule has 16 heavy (non-hydrogen) atoms. The molecule has 0 amide bonds. The Hall–Kier alpha value is -1.76. The molecular formula is C9H10F2N2O3. The van der Waals surface area contributed by atoms with Gasteiger partial charge in [-0.2, -0.15) is 0 Å². The van der Waals surface area contributed by atoms with Gasteiger partial charge in [0.1, 0.15) is 5.75 Å². The van der Waals surface area contributed by atoms with Crippen LogP contribution in [0.25, 0.3) is 0 Å². The molecule has 1 aromatic rings. The van der Waals surface area contributed by atoms with Gasteiger partial charge in [0.15, 0.2) is 5.69 Å². The summed E-state index contributed by atoms with van der Waals surface area (Å²) in [6, 6.07) is 0. The summed E-state index contributed by atoms with van der Waals surface area (Å²) in [6.07, 6.45) is -2.17. The third kappa shape index (κ3) is 2.08. The fraction of sp³-hybridized carbons (Fsp3) is 0.333. The number of aromatic hydroxyl groups is 1. The number of nitrogens with zero attached hydrogens (tertiary/aromatic N) is 1. The molecule has 0 aliphatic heterocycles. The molecule has 0 fully saturated rings. The second-order valence-corrected chi connectivity index (χ2v) is 2.88. The highest BCUT2D eigenvalue weighted by molar-refractivity contribution is 5.89. The molecule has 1 rings (SSSR count). The van der Waals surface area contributed by atoms with E-state index in [1.165, 1.54) is 0 Å². The molecule has 3 N–H and O–H groups in total. The van der Waals surface area contributed by atoms with Crippen LogP contribution < -0.4 is 5.73 Å². The Morgan fingerprint density at radius 1 is 1.69 bits per heavy atom. The van der Waals surface area contributed by atoms with E-state index in [-0.39, 0.29) is 17.8 Å². The molecule has 88 valence electrons. The standard InChI is InChI=1S/C9H10F2N2O3/c1-16-9(15)7-4(2-12)6(8(10)11)5(14)3-13-7/h3,8,14H,2,12H2,1H3. The van der Waals surface area contributed by atoms with E-state index in [1.807, 2.05) is 0 Å². The van der Waals surface area contributed by atoms with Crippen LogP contribution in [0.4, 0.5) is 8.78 Å². The Bertz CT molecular complexity index is 410. The molecule has 0 radical (unpaired) electrons. The average Bonchev–Trinajstić information content (AvgIpc) is 2.26. The van der Waals surface area contributed by atoms with Gasteiger partial charge in [0.25, 0.3) is 6.43 Å². The van der Waals surface area contributed by atoms with Crippen molar-refractivity contribution in [3.63, 3.8) is 0 Å². The maximum atomic E-state index is 12.6. The predicted octanol–water partition coefficient (Wildman–Crippen LogP) is 0.970. The van der Waals surface area contributed by atoms with Gasteiger partial charge in [-0.15, -0.1) is 0 Å². The number of alkyl halides is 2. The average molecular weight is 232 g/mol. The zero-order valence-corrected chi connectivity index (χ0v) is 8.41. The van der Waals surface area contributed by atoms with Gasteiger partial charge in [0.05, 0.1) is 18.9 Å². The van der Waals surface area contributed by atoms with Crippen molar-refractivity contribution < 1.29 is 23.4 Å². The van der Waals surface area contributed by atoms with Crippen LogP contribution in [-0.2, 0) is 11.3 Å². The first-order valence-electron chi connectivity index (χ1n) is 4.30.